The van der Waals surface area contributed by atoms with Crippen LogP contribution in [-0.4, -0.2) is 49.8 Å². The van der Waals surface area contributed by atoms with Crippen molar-refractivity contribution in [3.8, 4) is 0 Å². The number of hydrogen-bond acceptors (Lipinski definition) is 3. The van der Waals surface area contributed by atoms with E-state index in [-0.39, 0.29) is 6.61 Å². The molecule has 0 radical (unpaired) electrons. The fourth-order valence-corrected chi connectivity index (χ4v) is 0.841. The van der Waals surface area contributed by atoms with E-state index in [0.29, 0.717) is 6.04 Å². The Morgan fingerprint density at radius 2 is 2.09 bits per heavy atom. The monoisotopic (exact) mass is 160 g/mol. The van der Waals surface area contributed by atoms with Gasteiger partial charge in [0.15, 0.2) is 0 Å². The van der Waals surface area contributed by atoms with Crippen molar-refractivity contribution in [2.45, 2.75) is 19.4 Å². The van der Waals surface area contributed by atoms with E-state index < -0.39 is 0 Å². The first-order chi connectivity index (χ1) is 5.20. The van der Waals surface area contributed by atoms with E-state index in [4.69, 9.17) is 5.11 Å². The molecule has 3 heteroatoms. The van der Waals surface area contributed by atoms with Gasteiger partial charge in [-0.05, 0) is 34.0 Å². The van der Waals surface area contributed by atoms with Crippen LogP contribution in [0, 0.1) is 0 Å². The first-order valence-electron chi connectivity index (χ1n) is 4.17. The molecule has 0 heterocycles. The zero-order valence-corrected chi connectivity index (χ0v) is 7.80. The van der Waals surface area contributed by atoms with Gasteiger partial charge in [0.2, 0.25) is 0 Å². The van der Waals surface area contributed by atoms with Crippen molar-refractivity contribution in [1.29, 1.82) is 0 Å². The molecule has 0 aliphatic carbocycles. The average molecular weight is 160 g/mol. The van der Waals surface area contributed by atoms with Gasteiger partial charge in [0, 0.05) is 12.6 Å². The van der Waals surface area contributed by atoms with Crippen LogP contribution in [0.5, 0.6) is 0 Å². The molecule has 0 rings (SSSR count). The molecule has 0 fully saturated rings. The molecule has 0 amide bonds. The number of aliphatic hydroxyl groups excluding tert-OH is 1. The van der Waals surface area contributed by atoms with E-state index in [1.165, 1.54) is 0 Å². The molecule has 0 aromatic heterocycles. The number of hydrogen-bond donors (Lipinski definition) is 2. The predicted molar refractivity (Wildman–Crippen MR) is 47.7 cm³/mol. The van der Waals surface area contributed by atoms with Gasteiger partial charge >= 0.3 is 0 Å². The van der Waals surface area contributed by atoms with Crippen molar-refractivity contribution in [1.82, 2.24) is 10.2 Å². The lowest BCUT2D eigenvalue weighted by atomic mass is 10.2. The van der Waals surface area contributed by atoms with Gasteiger partial charge in [0.25, 0.3) is 0 Å². The van der Waals surface area contributed by atoms with Gasteiger partial charge < -0.3 is 15.3 Å². The molecule has 0 spiro atoms. The van der Waals surface area contributed by atoms with Crippen LogP contribution in [0.3, 0.4) is 0 Å². The molecule has 0 aliphatic heterocycles. The maximum Gasteiger partial charge on any atom is 0.0558 e. The molecule has 68 valence electrons. The van der Waals surface area contributed by atoms with Crippen molar-refractivity contribution < 1.29 is 5.11 Å². The van der Waals surface area contributed by atoms with Gasteiger partial charge in [-0.15, -0.1) is 0 Å². The fourth-order valence-electron chi connectivity index (χ4n) is 0.841. The van der Waals surface area contributed by atoms with Gasteiger partial charge in [-0.2, -0.15) is 0 Å². The van der Waals surface area contributed by atoms with Crippen LogP contribution >= 0.6 is 0 Å². The van der Waals surface area contributed by atoms with Gasteiger partial charge in [-0.3, -0.25) is 0 Å². The average Bonchev–Trinajstić information content (AvgIpc) is 2.01. The number of nitrogens with zero attached hydrogens (tertiary/aromatic N) is 1. The number of aliphatic hydroxyl groups is 1. The fraction of sp³-hybridized carbons (Fsp3) is 1.00. The second-order valence-electron chi connectivity index (χ2n) is 3.01. The summed E-state index contributed by atoms with van der Waals surface area (Å²) in [4.78, 5) is 2.13. The Hall–Kier alpha value is -0.120. The molecular formula is C8H20N2O. The predicted octanol–water partition coefficient (Wildman–Crippen LogP) is -0.0915. The first-order valence-corrected chi connectivity index (χ1v) is 4.17. The maximum atomic E-state index is 8.60. The van der Waals surface area contributed by atoms with Gasteiger partial charge in [-0.1, -0.05) is 0 Å². The molecule has 2 N–H and O–H groups in total. The van der Waals surface area contributed by atoms with Crippen LogP contribution in [0.2, 0.25) is 0 Å². The van der Waals surface area contributed by atoms with Crippen LogP contribution in [0.1, 0.15) is 13.3 Å². The standard InChI is InChI=1S/C8H20N2O/c1-8(9-2)4-5-10(3)6-7-11/h8-9,11H,4-7H2,1-3H3. The molecule has 0 aliphatic rings. The lowest BCUT2D eigenvalue weighted by Crippen LogP contribution is -2.29. The Morgan fingerprint density at radius 3 is 2.55 bits per heavy atom. The minimum absolute atomic E-state index is 0.254. The zero-order chi connectivity index (χ0) is 8.69. The summed E-state index contributed by atoms with van der Waals surface area (Å²) in [5.74, 6) is 0. The van der Waals surface area contributed by atoms with E-state index in [1.807, 2.05) is 14.1 Å². The molecule has 0 aromatic carbocycles. The van der Waals surface area contributed by atoms with Crippen LogP contribution in [0.15, 0.2) is 0 Å². The number of rotatable bonds is 6. The van der Waals surface area contributed by atoms with E-state index in [9.17, 15) is 0 Å². The van der Waals surface area contributed by atoms with Crippen molar-refractivity contribution in [3.05, 3.63) is 0 Å². The van der Waals surface area contributed by atoms with Crippen molar-refractivity contribution >= 4 is 0 Å². The van der Waals surface area contributed by atoms with Crippen LogP contribution in [0.4, 0.5) is 0 Å². The van der Waals surface area contributed by atoms with Crippen molar-refractivity contribution in [2.24, 2.45) is 0 Å². The molecule has 11 heavy (non-hydrogen) atoms. The number of nitrogens with one attached hydrogen (secondary N) is 1. The van der Waals surface area contributed by atoms with Crippen LogP contribution < -0.4 is 5.32 Å². The summed E-state index contributed by atoms with van der Waals surface area (Å²) < 4.78 is 0. The van der Waals surface area contributed by atoms with Crippen LogP contribution in [0.25, 0.3) is 0 Å². The van der Waals surface area contributed by atoms with Gasteiger partial charge in [-0.25, -0.2) is 0 Å². The van der Waals surface area contributed by atoms with E-state index in [0.717, 1.165) is 19.5 Å². The Kier molecular flexibility index (Phi) is 6.51. The highest BCUT2D eigenvalue weighted by molar-refractivity contribution is 4.60. The summed E-state index contributed by atoms with van der Waals surface area (Å²) in [5.41, 5.74) is 0. The summed E-state index contributed by atoms with van der Waals surface area (Å²) in [6.07, 6.45) is 1.13. The summed E-state index contributed by atoms with van der Waals surface area (Å²) in [6.45, 7) is 4.23. The highest BCUT2D eigenvalue weighted by Gasteiger charge is 2.00. The second kappa shape index (κ2) is 6.58. The number of likely N-dealkylation sites (N-methyl/N-ethyl adjacent to an activating group) is 1. The smallest absolute Gasteiger partial charge is 0.0558 e. The molecule has 1 unspecified atom stereocenters. The molecule has 0 bridgehead atoms. The summed E-state index contributed by atoms with van der Waals surface area (Å²) >= 11 is 0. The van der Waals surface area contributed by atoms with E-state index >= 15 is 0 Å². The minimum atomic E-state index is 0.254. The van der Waals surface area contributed by atoms with E-state index in [1.54, 1.807) is 0 Å². The van der Waals surface area contributed by atoms with Crippen molar-refractivity contribution in [2.75, 3.05) is 33.8 Å². The summed E-state index contributed by atoms with van der Waals surface area (Å²) in [5, 5.41) is 11.8. The third-order valence-corrected chi connectivity index (χ3v) is 1.92. The SMILES string of the molecule is CNC(C)CCN(C)CCO. The Morgan fingerprint density at radius 1 is 1.45 bits per heavy atom. The zero-order valence-electron chi connectivity index (χ0n) is 7.80. The quantitative estimate of drug-likeness (QED) is 0.570. The Labute approximate surface area is 69.4 Å². The Balaban J connectivity index is 3.22. The lowest BCUT2D eigenvalue weighted by Gasteiger charge is -2.17. The molecule has 3 nitrogen and oxygen atoms in total. The van der Waals surface area contributed by atoms with Gasteiger partial charge in [0.05, 0.1) is 6.61 Å². The molecular weight excluding hydrogens is 140 g/mol. The molecule has 1 atom stereocenters. The highest BCUT2D eigenvalue weighted by Crippen LogP contribution is 1.91. The minimum Gasteiger partial charge on any atom is -0.395 e. The van der Waals surface area contributed by atoms with Crippen molar-refractivity contribution in [3.63, 3.8) is 0 Å². The topological polar surface area (TPSA) is 35.5 Å². The first kappa shape index (κ1) is 10.9. The lowest BCUT2D eigenvalue weighted by molar-refractivity contribution is 0.216. The third kappa shape index (κ3) is 6.28. The summed E-state index contributed by atoms with van der Waals surface area (Å²) in [6, 6.07) is 0.566. The molecule has 0 saturated heterocycles. The third-order valence-electron chi connectivity index (χ3n) is 1.92. The highest BCUT2D eigenvalue weighted by atomic mass is 16.3. The largest absolute Gasteiger partial charge is 0.395 e. The summed E-state index contributed by atoms with van der Waals surface area (Å²) in [7, 11) is 4.00. The molecule has 0 saturated carbocycles. The van der Waals surface area contributed by atoms with Gasteiger partial charge in [0.1, 0.15) is 0 Å². The van der Waals surface area contributed by atoms with Crippen LogP contribution in [-0.2, 0) is 0 Å². The Bertz CT molecular complexity index is 88.2. The van der Waals surface area contributed by atoms with E-state index in [2.05, 4.69) is 17.1 Å². The normalized spacial score (nSPS) is 13.9. The molecule has 0 aromatic rings. The maximum absolute atomic E-state index is 8.60. The second-order valence-corrected chi connectivity index (χ2v) is 3.01.